The molecule has 1 aliphatic heterocycles. The Bertz CT molecular complexity index is 640. The van der Waals surface area contributed by atoms with E-state index in [9.17, 15) is 9.59 Å². The predicted molar refractivity (Wildman–Crippen MR) is 103 cm³/mol. The van der Waals surface area contributed by atoms with Crippen LogP contribution >= 0.6 is 24.0 Å². The molecule has 1 aliphatic rings. The van der Waals surface area contributed by atoms with E-state index in [1.165, 1.54) is 11.8 Å². The van der Waals surface area contributed by atoms with Crippen LogP contribution in [-0.2, 0) is 9.59 Å². The maximum Gasteiger partial charge on any atom is 0.266 e. The van der Waals surface area contributed by atoms with Gasteiger partial charge in [0.15, 0.2) is 0 Å². The molecule has 0 radical (unpaired) electrons. The molecule has 1 fully saturated rings. The van der Waals surface area contributed by atoms with Crippen molar-refractivity contribution in [2.75, 3.05) is 19.6 Å². The molecule has 1 heterocycles. The zero-order valence-electron chi connectivity index (χ0n) is 14.0. The smallest absolute Gasteiger partial charge is 0.266 e. The van der Waals surface area contributed by atoms with E-state index >= 15 is 0 Å². The average Bonchev–Trinajstić information content (AvgIpc) is 2.84. The van der Waals surface area contributed by atoms with Gasteiger partial charge in [0.1, 0.15) is 4.32 Å². The van der Waals surface area contributed by atoms with Crippen LogP contribution in [0, 0.1) is 0 Å². The third-order valence-electron chi connectivity index (χ3n) is 3.86. The fourth-order valence-corrected chi connectivity index (χ4v) is 3.82. The third-order valence-corrected chi connectivity index (χ3v) is 5.24. The van der Waals surface area contributed by atoms with Gasteiger partial charge in [0.05, 0.1) is 4.91 Å². The average molecular weight is 363 g/mol. The number of nitrogens with zero attached hydrogens (tertiary/aromatic N) is 2. The van der Waals surface area contributed by atoms with Crippen molar-refractivity contribution in [1.29, 1.82) is 0 Å². The van der Waals surface area contributed by atoms with Crippen LogP contribution in [0.3, 0.4) is 0 Å². The number of amides is 2. The number of rotatable bonds is 7. The second kappa shape index (κ2) is 8.99. The van der Waals surface area contributed by atoms with E-state index < -0.39 is 0 Å². The topological polar surface area (TPSA) is 40.6 Å². The molecular formula is C18H22N2O2S2. The highest BCUT2D eigenvalue weighted by Gasteiger charge is 2.31. The quantitative estimate of drug-likeness (QED) is 0.549. The van der Waals surface area contributed by atoms with Crippen molar-refractivity contribution >= 4 is 46.2 Å². The van der Waals surface area contributed by atoms with Crippen molar-refractivity contribution in [3.63, 3.8) is 0 Å². The van der Waals surface area contributed by atoms with Crippen molar-refractivity contribution in [1.82, 2.24) is 9.80 Å². The highest BCUT2D eigenvalue weighted by molar-refractivity contribution is 8.26. The summed E-state index contributed by atoms with van der Waals surface area (Å²) in [6.45, 7) is 5.87. The summed E-state index contributed by atoms with van der Waals surface area (Å²) in [5.74, 6) is 0.0643. The first kappa shape index (κ1) is 18.7. The normalized spacial score (nSPS) is 16.1. The van der Waals surface area contributed by atoms with E-state index in [1.54, 1.807) is 9.80 Å². The molecule has 0 saturated carbocycles. The molecule has 0 bridgehead atoms. The summed E-state index contributed by atoms with van der Waals surface area (Å²) >= 11 is 6.64. The Morgan fingerprint density at radius 2 is 1.92 bits per heavy atom. The molecule has 128 valence electrons. The lowest BCUT2D eigenvalue weighted by Gasteiger charge is -2.19. The molecule has 0 aromatic heterocycles. The zero-order chi connectivity index (χ0) is 17.5. The van der Waals surface area contributed by atoms with Crippen molar-refractivity contribution < 1.29 is 9.59 Å². The first-order valence-corrected chi connectivity index (χ1v) is 9.37. The number of benzene rings is 1. The molecule has 0 N–H and O–H groups in total. The molecule has 0 spiro atoms. The number of carbonyl (C=O) groups is 2. The van der Waals surface area contributed by atoms with Gasteiger partial charge in [-0.05, 0) is 31.9 Å². The van der Waals surface area contributed by atoms with Gasteiger partial charge in [0.2, 0.25) is 5.91 Å². The summed E-state index contributed by atoms with van der Waals surface area (Å²) in [6, 6.07) is 9.72. The molecular weight excluding hydrogens is 340 g/mol. The van der Waals surface area contributed by atoms with Gasteiger partial charge in [-0.25, -0.2) is 0 Å². The van der Waals surface area contributed by atoms with Gasteiger partial charge in [0, 0.05) is 26.1 Å². The van der Waals surface area contributed by atoms with Crippen LogP contribution in [0.1, 0.15) is 32.3 Å². The monoisotopic (exact) mass is 362 g/mol. The molecule has 24 heavy (non-hydrogen) atoms. The van der Waals surface area contributed by atoms with Crippen molar-refractivity contribution in [2.45, 2.75) is 26.7 Å². The molecule has 1 aromatic rings. The minimum absolute atomic E-state index is 0.0656. The fourth-order valence-electron chi connectivity index (χ4n) is 2.52. The van der Waals surface area contributed by atoms with E-state index in [-0.39, 0.29) is 11.8 Å². The molecule has 1 aromatic carbocycles. The van der Waals surface area contributed by atoms with Crippen LogP contribution < -0.4 is 0 Å². The van der Waals surface area contributed by atoms with Crippen LogP contribution in [-0.4, -0.2) is 45.6 Å². The number of hydrogen-bond acceptors (Lipinski definition) is 4. The van der Waals surface area contributed by atoms with Crippen LogP contribution in [0.2, 0.25) is 0 Å². The Morgan fingerprint density at radius 1 is 1.25 bits per heavy atom. The van der Waals surface area contributed by atoms with Crippen LogP contribution in [0.15, 0.2) is 35.2 Å². The van der Waals surface area contributed by atoms with Gasteiger partial charge >= 0.3 is 0 Å². The highest BCUT2D eigenvalue weighted by Crippen LogP contribution is 2.32. The van der Waals surface area contributed by atoms with E-state index in [0.29, 0.717) is 28.6 Å². The summed E-state index contributed by atoms with van der Waals surface area (Å²) < 4.78 is 0.567. The van der Waals surface area contributed by atoms with Crippen molar-refractivity contribution in [3.05, 3.63) is 40.8 Å². The second-order valence-corrected chi connectivity index (χ2v) is 7.09. The Balaban J connectivity index is 1.93. The second-order valence-electron chi connectivity index (χ2n) is 5.41. The molecule has 2 rings (SSSR count). The lowest BCUT2D eigenvalue weighted by atomic mass is 10.2. The largest absolute Gasteiger partial charge is 0.343 e. The van der Waals surface area contributed by atoms with Gasteiger partial charge in [0.25, 0.3) is 5.91 Å². The number of thiocarbonyl (C=S) groups is 1. The summed E-state index contributed by atoms with van der Waals surface area (Å²) in [5.41, 5.74) is 0.981. The van der Waals surface area contributed by atoms with Gasteiger partial charge in [-0.3, -0.25) is 14.5 Å². The fraction of sp³-hybridized carbons (Fsp3) is 0.389. The molecule has 2 amide bonds. The van der Waals surface area contributed by atoms with Crippen molar-refractivity contribution in [3.8, 4) is 0 Å². The Labute approximate surface area is 152 Å². The molecule has 0 unspecified atom stereocenters. The molecule has 4 nitrogen and oxygen atoms in total. The molecule has 6 heteroatoms. The first-order chi connectivity index (χ1) is 11.6. The lowest BCUT2D eigenvalue weighted by molar-refractivity contribution is -0.131. The lowest BCUT2D eigenvalue weighted by Crippen LogP contribution is -2.33. The molecule has 0 aliphatic carbocycles. The van der Waals surface area contributed by atoms with E-state index in [0.717, 1.165) is 18.7 Å². The maximum absolute atomic E-state index is 12.5. The predicted octanol–water partition coefficient (Wildman–Crippen LogP) is 3.54. The van der Waals surface area contributed by atoms with Gasteiger partial charge in [-0.2, -0.15) is 0 Å². The van der Waals surface area contributed by atoms with E-state index in [1.807, 2.05) is 50.3 Å². The molecule has 1 saturated heterocycles. The van der Waals surface area contributed by atoms with Crippen LogP contribution in [0.5, 0.6) is 0 Å². The first-order valence-electron chi connectivity index (χ1n) is 8.15. The standard InChI is InChI=1S/C18H22N2O2S2/c1-3-19(4-2)16(21)11-8-12-20-17(22)15(24-18(20)23)13-14-9-6-5-7-10-14/h5-7,9-10,13H,3-4,8,11-12H2,1-2H3. The maximum atomic E-state index is 12.5. The van der Waals surface area contributed by atoms with Crippen LogP contribution in [0.4, 0.5) is 0 Å². The zero-order valence-corrected chi connectivity index (χ0v) is 15.7. The molecule has 0 atom stereocenters. The summed E-state index contributed by atoms with van der Waals surface area (Å²) in [6.07, 6.45) is 2.93. The van der Waals surface area contributed by atoms with E-state index in [4.69, 9.17) is 12.2 Å². The Kier molecular flexibility index (Phi) is 6.99. The summed E-state index contributed by atoms with van der Waals surface area (Å²) in [4.78, 5) is 28.6. The minimum atomic E-state index is -0.0656. The Morgan fingerprint density at radius 3 is 2.54 bits per heavy atom. The number of carbonyl (C=O) groups excluding carboxylic acids is 2. The SMILES string of the molecule is CCN(CC)C(=O)CCCN1C(=O)C(=Cc2ccccc2)SC1=S. The number of hydrogen-bond donors (Lipinski definition) is 0. The minimum Gasteiger partial charge on any atom is -0.343 e. The van der Waals surface area contributed by atoms with Gasteiger partial charge < -0.3 is 4.90 Å². The van der Waals surface area contributed by atoms with Crippen molar-refractivity contribution in [2.24, 2.45) is 0 Å². The summed E-state index contributed by atoms with van der Waals surface area (Å²) in [7, 11) is 0. The Hall–Kier alpha value is -1.66. The van der Waals surface area contributed by atoms with E-state index in [2.05, 4.69) is 0 Å². The summed E-state index contributed by atoms with van der Waals surface area (Å²) in [5, 5.41) is 0. The highest BCUT2D eigenvalue weighted by atomic mass is 32.2. The van der Waals surface area contributed by atoms with Gasteiger partial charge in [-0.15, -0.1) is 0 Å². The van der Waals surface area contributed by atoms with Crippen LogP contribution in [0.25, 0.3) is 6.08 Å². The van der Waals surface area contributed by atoms with Gasteiger partial charge in [-0.1, -0.05) is 54.3 Å². The number of thioether (sulfide) groups is 1. The third kappa shape index (κ3) is 4.68.